The zero-order valence-corrected chi connectivity index (χ0v) is 21.4. The maximum atomic E-state index is 14.0. The average molecular weight is 529 g/mol. The monoisotopic (exact) mass is 528 g/mol. The van der Waals surface area contributed by atoms with Crippen LogP contribution in [0.2, 0.25) is 0 Å². The molecule has 0 saturated carbocycles. The van der Waals surface area contributed by atoms with Gasteiger partial charge >= 0.3 is 10.2 Å². The van der Waals surface area contributed by atoms with Crippen LogP contribution in [0.5, 0.6) is 5.88 Å². The minimum absolute atomic E-state index is 0.0558. The molecule has 2 fully saturated rings. The standard InChI is InChI=1S/C22H30F2N6O3S2/c1-28-10-12-29(13-11-28)17-6-8-30(9-7-17)35(31,32)27-19-14-20(33-2)26-22(25-19)34-15-16-4-3-5-18(23)21(16)24/h3-5,14,17H,6-13,15H2,1-2H3,(H,25,26,27). The highest BCUT2D eigenvalue weighted by Gasteiger charge is 2.32. The number of halogens is 2. The molecule has 2 aliphatic heterocycles. The molecule has 0 atom stereocenters. The molecule has 0 bridgehead atoms. The molecule has 0 spiro atoms. The summed E-state index contributed by atoms with van der Waals surface area (Å²) in [5, 5.41) is 0.180. The van der Waals surface area contributed by atoms with Crippen molar-refractivity contribution in [2.24, 2.45) is 0 Å². The predicted molar refractivity (Wildman–Crippen MR) is 131 cm³/mol. The van der Waals surface area contributed by atoms with Gasteiger partial charge in [0.25, 0.3) is 0 Å². The Morgan fingerprint density at radius 3 is 2.51 bits per heavy atom. The SMILES string of the molecule is COc1cc(NS(=O)(=O)N2CCC(N3CCN(C)CC3)CC2)nc(SCc2cccc(F)c2F)n1. The molecule has 1 aromatic carbocycles. The van der Waals surface area contributed by atoms with Crippen LogP contribution in [0.25, 0.3) is 0 Å². The van der Waals surface area contributed by atoms with Gasteiger partial charge in [-0.2, -0.15) is 17.7 Å². The minimum atomic E-state index is -3.83. The Morgan fingerprint density at radius 2 is 1.83 bits per heavy atom. The fraction of sp³-hybridized carbons (Fsp3) is 0.545. The molecule has 1 N–H and O–H groups in total. The molecule has 35 heavy (non-hydrogen) atoms. The average Bonchev–Trinajstić information content (AvgIpc) is 2.85. The van der Waals surface area contributed by atoms with E-state index >= 15 is 0 Å². The topological polar surface area (TPSA) is 90.9 Å². The van der Waals surface area contributed by atoms with Crippen LogP contribution < -0.4 is 9.46 Å². The van der Waals surface area contributed by atoms with Crippen LogP contribution in [0.15, 0.2) is 29.4 Å². The Morgan fingerprint density at radius 1 is 1.11 bits per heavy atom. The van der Waals surface area contributed by atoms with Gasteiger partial charge < -0.3 is 9.64 Å². The first-order valence-corrected chi connectivity index (χ1v) is 13.9. The van der Waals surface area contributed by atoms with Crippen molar-refractivity contribution >= 4 is 27.8 Å². The number of hydrogen-bond acceptors (Lipinski definition) is 8. The molecular weight excluding hydrogens is 498 g/mol. The molecule has 9 nitrogen and oxygen atoms in total. The maximum absolute atomic E-state index is 14.0. The fourth-order valence-corrected chi connectivity index (χ4v) is 6.27. The summed E-state index contributed by atoms with van der Waals surface area (Å²) in [6, 6.07) is 5.72. The number of ether oxygens (including phenoxy) is 1. The zero-order chi connectivity index (χ0) is 25.0. The van der Waals surface area contributed by atoms with Crippen molar-refractivity contribution in [2.75, 3.05) is 58.1 Å². The number of piperidine rings is 1. The van der Waals surface area contributed by atoms with Crippen molar-refractivity contribution in [3.63, 3.8) is 0 Å². The van der Waals surface area contributed by atoms with Gasteiger partial charge in [0.2, 0.25) is 5.88 Å². The smallest absolute Gasteiger partial charge is 0.302 e. The highest BCUT2D eigenvalue weighted by atomic mass is 32.2. The molecule has 0 radical (unpaired) electrons. The van der Waals surface area contributed by atoms with Crippen LogP contribution >= 0.6 is 11.8 Å². The van der Waals surface area contributed by atoms with Gasteiger partial charge in [-0.3, -0.25) is 9.62 Å². The van der Waals surface area contributed by atoms with Gasteiger partial charge in [-0.05, 0) is 26.0 Å². The summed E-state index contributed by atoms with van der Waals surface area (Å²) in [6.45, 7) is 4.92. The molecule has 4 rings (SSSR count). The van der Waals surface area contributed by atoms with E-state index in [1.165, 1.54) is 29.6 Å². The number of thioether (sulfide) groups is 1. The van der Waals surface area contributed by atoms with Crippen LogP contribution in [-0.2, 0) is 16.0 Å². The number of aromatic nitrogens is 2. The Hall–Kier alpha value is -2.06. The van der Waals surface area contributed by atoms with Crippen molar-refractivity contribution in [3.8, 4) is 5.88 Å². The van der Waals surface area contributed by atoms with Gasteiger partial charge in [-0.1, -0.05) is 23.9 Å². The Labute approximate surface area is 209 Å². The van der Waals surface area contributed by atoms with Crippen LogP contribution in [0, 0.1) is 11.6 Å². The van der Waals surface area contributed by atoms with Gasteiger partial charge in [0, 0.05) is 62.7 Å². The number of anilines is 1. The zero-order valence-electron chi connectivity index (χ0n) is 19.8. The van der Waals surface area contributed by atoms with Gasteiger partial charge in [-0.25, -0.2) is 13.8 Å². The van der Waals surface area contributed by atoms with E-state index in [1.54, 1.807) is 0 Å². The summed E-state index contributed by atoms with van der Waals surface area (Å²) in [5.74, 6) is -1.57. The lowest BCUT2D eigenvalue weighted by molar-refractivity contribution is 0.0837. The third-order valence-electron chi connectivity index (χ3n) is 6.33. The quantitative estimate of drug-likeness (QED) is 0.413. The van der Waals surface area contributed by atoms with Crippen LogP contribution in [0.1, 0.15) is 18.4 Å². The summed E-state index contributed by atoms with van der Waals surface area (Å²) < 4.78 is 62.7. The number of hydrogen-bond donors (Lipinski definition) is 1. The van der Waals surface area contributed by atoms with E-state index in [0.29, 0.717) is 19.1 Å². The number of likely N-dealkylation sites (N-methyl/N-ethyl adjacent to an activating group) is 1. The number of nitrogens with one attached hydrogen (secondary N) is 1. The highest BCUT2D eigenvalue weighted by Crippen LogP contribution is 2.27. The van der Waals surface area contributed by atoms with Gasteiger partial charge in [0.05, 0.1) is 7.11 Å². The Kier molecular flexibility index (Phi) is 8.42. The number of methoxy groups -OCH3 is 1. The van der Waals surface area contributed by atoms with Gasteiger partial charge in [0.1, 0.15) is 5.82 Å². The summed E-state index contributed by atoms with van der Waals surface area (Å²) in [4.78, 5) is 13.2. The lowest BCUT2D eigenvalue weighted by atomic mass is 10.0. The van der Waals surface area contributed by atoms with E-state index < -0.39 is 21.8 Å². The molecule has 0 aliphatic carbocycles. The molecule has 2 saturated heterocycles. The van der Waals surface area contributed by atoms with E-state index in [0.717, 1.165) is 56.8 Å². The molecule has 2 aliphatic rings. The van der Waals surface area contributed by atoms with Crippen molar-refractivity contribution < 1.29 is 21.9 Å². The molecular formula is C22H30F2N6O3S2. The summed E-state index contributed by atoms with van der Waals surface area (Å²) >= 11 is 1.05. The number of piperazine rings is 1. The van der Waals surface area contributed by atoms with Gasteiger partial charge in [0.15, 0.2) is 16.8 Å². The fourth-order valence-electron chi connectivity index (χ4n) is 4.26. The van der Waals surface area contributed by atoms with E-state index in [2.05, 4.69) is 31.5 Å². The number of benzene rings is 1. The first-order valence-electron chi connectivity index (χ1n) is 11.4. The molecule has 0 unspecified atom stereocenters. The lowest BCUT2D eigenvalue weighted by Crippen LogP contribution is -2.53. The molecule has 3 heterocycles. The van der Waals surface area contributed by atoms with Crippen molar-refractivity contribution in [2.45, 2.75) is 29.8 Å². The number of rotatable bonds is 8. The third kappa shape index (κ3) is 6.58. The van der Waals surface area contributed by atoms with E-state index in [9.17, 15) is 17.2 Å². The third-order valence-corrected chi connectivity index (χ3v) is 8.74. The summed E-state index contributed by atoms with van der Waals surface area (Å²) in [7, 11) is -0.306. The largest absolute Gasteiger partial charge is 0.481 e. The van der Waals surface area contributed by atoms with E-state index in [-0.39, 0.29) is 28.2 Å². The van der Waals surface area contributed by atoms with Crippen LogP contribution in [0.3, 0.4) is 0 Å². The highest BCUT2D eigenvalue weighted by molar-refractivity contribution is 7.98. The molecule has 192 valence electrons. The Bertz CT molecular complexity index is 1120. The van der Waals surface area contributed by atoms with Crippen molar-refractivity contribution in [1.82, 2.24) is 24.1 Å². The first-order chi connectivity index (χ1) is 16.7. The van der Waals surface area contributed by atoms with Crippen molar-refractivity contribution in [1.29, 1.82) is 0 Å². The minimum Gasteiger partial charge on any atom is -0.481 e. The maximum Gasteiger partial charge on any atom is 0.302 e. The predicted octanol–water partition coefficient (Wildman–Crippen LogP) is 2.42. The van der Waals surface area contributed by atoms with Crippen LogP contribution in [0.4, 0.5) is 14.6 Å². The molecule has 13 heteroatoms. The van der Waals surface area contributed by atoms with E-state index in [4.69, 9.17) is 4.74 Å². The number of nitrogens with zero attached hydrogens (tertiary/aromatic N) is 5. The second-order valence-corrected chi connectivity index (χ2v) is 11.3. The summed E-state index contributed by atoms with van der Waals surface area (Å²) in [6.07, 6.45) is 1.55. The molecule has 2 aromatic rings. The normalized spacial score (nSPS) is 19.1. The second-order valence-electron chi connectivity index (χ2n) is 8.66. The van der Waals surface area contributed by atoms with Crippen molar-refractivity contribution in [3.05, 3.63) is 41.5 Å². The molecule has 0 amide bonds. The van der Waals surface area contributed by atoms with Crippen LogP contribution in [-0.4, -0.2) is 92.0 Å². The first kappa shape index (κ1) is 26.0. The van der Waals surface area contributed by atoms with Gasteiger partial charge in [-0.15, -0.1) is 0 Å². The molecule has 1 aromatic heterocycles. The Balaban J connectivity index is 1.39. The van der Waals surface area contributed by atoms with E-state index in [1.807, 2.05) is 0 Å². The summed E-state index contributed by atoms with van der Waals surface area (Å²) in [5.41, 5.74) is 0.159. The second kappa shape index (κ2) is 11.3. The lowest BCUT2D eigenvalue weighted by Gasteiger charge is -2.41.